The number of para-hydroxylation sites is 1. The predicted octanol–water partition coefficient (Wildman–Crippen LogP) is 3.29. The first-order valence-electron chi connectivity index (χ1n) is 7.86. The quantitative estimate of drug-likeness (QED) is 0.754. The molecule has 24 heavy (non-hydrogen) atoms. The van der Waals surface area contributed by atoms with Crippen molar-refractivity contribution in [3.8, 4) is 5.69 Å². The summed E-state index contributed by atoms with van der Waals surface area (Å²) in [6.07, 6.45) is 3.72. The Morgan fingerprint density at radius 3 is 2.79 bits per heavy atom. The third-order valence-electron chi connectivity index (χ3n) is 3.69. The van der Waals surface area contributed by atoms with Gasteiger partial charge in [-0.25, -0.2) is 14.6 Å². The second-order valence-corrected chi connectivity index (χ2v) is 5.62. The molecule has 1 unspecified atom stereocenters. The second kappa shape index (κ2) is 7.23. The van der Waals surface area contributed by atoms with Crippen LogP contribution in [-0.2, 0) is 11.3 Å². The molecule has 1 N–H and O–H groups in total. The van der Waals surface area contributed by atoms with Gasteiger partial charge in [-0.05, 0) is 31.5 Å². The Morgan fingerprint density at radius 2 is 2.04 bits per heavy atom. The third-order valence-corrected chi connectivity index (χ3v) is 3.69. The van der Waals surface area contributed by atoms with E-state index in [1.807, 2.05) is 42.1 Å². The summed E-state index contributed by atoms with van der Waals surface area (Å²) in [5.74, 6) is 1.46. The van der Waals surface area contributed by atoms with Gasteiger partial charge >= 0.3 is 0 Å². The number of hydrogen-bond donors (Lipinski definition) is 1. The molecule has 6 nitrogen and oxygen atoms in total. The van der Waals surface area contributed by atoms with Crippen LogP contribution in [-0.4, -0.2) is 26.9 Å². The highest BCUT2D eigenvalue weighted by Gasteiger charge is 2.13. The highest BCUT2D eigenvalue weighted by molar-refractivity contribution is 5.47. The van der Waals surface area contributed by atoms with Gasteiger partial charge in [-0.3, -0.25) is 0 Å². The van der Waals surface area contributed by atoms with Crippen LogP contribution in [0.2, 0.25) is 0 Å². The largest absolute Gasteiger partial charge is 0.377 e. The topological polar surface area (TPSA) is 64.9 Å². The van der Waals surface area contributed by atoms with Gasteiger partial charge in [-0.2, -0.15) is 5.10 Å². The number of benzene rings is 1. The van der Waals surface area contributed by atoms with Crippen LogP contribution in [0.25, 0.3) is 5.69 Å². The van der Waals surface area contributed by atoms with E-state index >= 15 is 0 Å². The van der Waals surface area contributed by atoms with E-state index in [2.05, 4.69) is 39.4 Å². The van der Waals surface area contributed by atoms with Crippen molar-refractivity contribution in [1.82, 2.24) is 19.7 Å². The Hall–Kier alpha value is -2.73. The summed E-state index contributed by atoms with van der Waals surface area (Å²) in [5, 5.41) is 7.79. The maximum absolute atomic E-state index is 5.13. The average molecular weight is 323 g/mol. The zero-order valence-corrected chi connectivity index (χ0v) is 14.1. The van der Waals surface area contributed by atoms with Crippen LogP contribution < -0.4 is 5.32 Å². The fourth-order valence-corrected chi connectivity index (χ4v) is 2.67. The van der Waals surface area contributed by atoms with Crippen molar-refractivity contribution in [3.05, 3.63) is 65.9 Å². The predicted molar refractivity (Wildman–Crippen MR) is 93.1 cm³/mol. The second-order valence-electron chi connectivity index (χ2n) is 5.62. The molecule has 1 aromatic carbocycles. The van der Waals surface area contributed by atoms with Crippen LogP contribution in [0.5, 0.6) is 0 Å². The molecule has 3 aromatic rings. The molecule has 0 spiro atoms. The van der Waals surface area contributed by atoms with E-state index in [0.29, 0.717) is 12.4 Å². The average Bonchev–Trinajstić information content (AvgIpc) is 3.09. The molecule has 1 atom stereocenters. The zero-order chi connectivity index (χ0) is 16.9. The normalized spacial score (nSPS) is 12.1. The molecule has 6 heteroatoms. The first-order chi connectivity index (χ1) is 11.7. The van der Waals surface area contributed by atoms with Gasteiger partial charge in [0.2, 0.25) is 0 Å². The van der Waals surface area contributed by atoms with Crippen molar-refractivity contribution < 1.29 is 4.74 Å². The molecule has 0 amide bonds. The fraction of sp³-hybridized carbons (Fsp3) is 0.278. The molecule has 2 heterocycles. The minimum absolute atomic E-state index is 0.0649. The van der Waals surface area contributed by atoms with E-state index in [0.717, 1.165) is 22.8 Å². The van der Waals surface area contributed by atoms with Crippen molar-refractivity contribution in [1.29, 1.82) is 0 Å². The number of nitrogens with one attached hydrogen (secondary N) is 1. The summed E-state index contributed by atoms with van der Waals surface area (Å²) in [6, 6.07) is 12.1. The van der Waals surface area contributed by atoms with Gasteiger partial charge in [0.25, 0.3) is 0 Å². The Bertz CT molecular complexity index is 801. The molecule has 3 rings (SSSR count). The summed E-state index contributed by atoms with van der Waals surface area (Å²) < 4.78 is 7.00. The first kappa shape index (κ1) is 16.1. The van der Waals surface area contributed by atoms with E-state index in [9.17, 15) is 0 Å². The molecule has 0 saturated carbocycles. The number of nitrogens with zero attached hydrogens (tertiary/aromatic N) is 4. The van der Waals surface area contributed by atoms with Gasteiger partial charge in [0.15, 0.2) is 5.82 Å². The molecule has 0 fully saturated rings. The Balaban J connectivity index is 1.87. The molecular weight excluding hydrogens is 302 g/mol. The van der Waals surface area contributed by atoms with Crippen LogP contribution >= 0.6 is 0 Å². The van der Waals surface area contributed by atoms with E-state index in [1.165, 1.54) is 0 Å². The maximum Gasteiger partial charge on any atom is 0.156 e. The molecule has 0 saturated heterocycles. The van der Waals surface area contributed by atoms with E-state index in [1.54, 1.807) is 13.3 Å². The summed E-state index contributed by atoms with van der Waals surface area (Å²) in [5.41, 5.74) is 3.10. The molecule has 0 radical (unpaired) electrons. The van der Waals surface area contributed by atoms with Crippen molar-refractivity contribution >= 4 is 5.82 Å². The number of ether oxygens (including phenoxy) is 1. The zero-order valence-electron chi connectivity index (χ0n) is 14.1. The van der Waals surface area contributed by atoms with Gasteiger partial charge in [0, 0.05) is 31.3 Å². The number of aryl methyl sites for hydroxylation is 1. The van der Waals surface area contributed by atoms with Crippen molar-refractivity contribution in [3.63, 3.8) is 0 Å². The standard InChI is InChI=1S/C18H21N5O/c1-13-11-17(22-18(20-13)12-24-3)21-14(2)15-7-4-5-8-16(15)23-10-6-9-19-23/h4-11,14H,12H2,1-3H3,(H,20,21,22). The highest BCUT2D eigenvalue weighted by atomic mass is 16.5. The van der Waals surface area contributed by atoms with Gasteiger partial charge in [0.1, 0.15) is 12.4 Å². The van der Waals surface area contributed by atoms with Gasteiger partial charge < -0.3 is 10.1 Å². The number of methoxy groups -OCH3 is 1. The maximum atomic E-state index is 5.13. The fourth-order valence-electron chi connectivity index (χ4n) is 2.67. The monoisotopic (exact) mass is 323 g/mol. The summed E-state index contributed by atoms with van der Waals surface area (Å²) in [4.78, 5) is 8.88. The van der Waals surface area contributed by atoms with Crippen molar-refractivity contribution in [2.45, 2.75) is 26.5 Å². The number of rotatable bonds is 6. The van der Waals surface area contributed by atoms with Crippen LogP contribution in [0.15, 0.2) is 48.8 Å². The van der Waals surface area contributed by atoms with Crippen LogP contribution in [0.1, 0.15) is 30.0 Å². The minimum Gasteiger partial charge on any atom is -0.377 e. The molecule has 124 valence electrons. The molecule has 0 aliphatic carbocycles. The Kier molecular flexibility index (Phi) is 4.86. The lowest BCUT2D eigenvalue weighted by atomic mass is 10.1. The minimum atomic E-state index is 0.0649. The molecule has 0 aliphatic heterocycles. The van der Waals surface area contributed by atoms with E-state index in [-0.39, 0.29) is 6.04 Å². The molecule has 0 bridgehead atoms. The van der Waals surface area contributed by atoms with E-state index < -0.39 is 0 Å². The van der Waals surface area contributed by atoms with Crippen LogP contribution in [0, 0.1) is 6.92 Å². The summed E-state index contributed by atoms with van der Waals surface area (Å²) >= 11 is 0. The lowest BCUT2D eigenvalue weighted by molar-refractivity contribution is 0.177. The van der Waals surface area contributed by atoms with Crippen LogP contribution in [0.4, 0.5) is 5.82 Å². The van der Waals surface area contributed by atoms with Gasteiger partial charge in [-0.15, -0.1) is 0 Å². The molecule has 0 aliphatic rings. The summed E-state index contributed by atoms with van der Waals surface area (Å²) in [7, 11) is 1.64. The molecule has 2 aromatic heterocycles. The highest BCUT2D eigenvalue weighted by Crippen LogP contribution is 2.24. The number of anilines is 1. The smallest absolute Gasteiger partial charge is 0.156 e. The lowest BCUT2D eigenvalue weighted by Gasteiger charge is -2.19. The number of hydrogen-bond acceptors (Lipinski definition) is 5. The Morgan fingerprint density at radius 1 is 1.21 bits per heavy atom. The Labute approximate surface area is 141 Å². The van der Waals surface area contributed by atoms with Gasteiger partial charge in [0.05, 0.1) is 11.7 Å². The number of aromatic nitrogens is 4. The first-order valence-corrected chi connectivity index (χ1v) is 7.86. The lowest BCUT2D eigenvalue weighted by Crippen LogP contribution is -2.13. The van der Waals surface area contributed by atoms with E-state index in [4.69, 9.17) is 4.74 Å². The van der Waals surface area contributed by atoms with Crippen molar-refractivity contribution in [2.75, 3.05) is 12.4 Å². The third kappa shape index (κ3) is 3.60. The van der Waals surface area contributed by atoms with Crippen LogP contribution in [0.3, 0.4) is 0 Å². The SMILES string of the molecule is COCc1nc(C)cc(NC(C)c2ccccc2-n2cccn2)n1. The van der Waals surface area contributed by atoms with Gasteiger partial charge in [-0.1, -0.05) is 18.2 Å². The molecular formula is C18H21N5O. The van der Waals surface area contributed by atoms with Crippen molar-refractivity contribution in [2.24, 2.45) is 0 Å². The summed E-state index contributed by atoms with van der Waals surface area (Å²) in [6.45, 7) is 4.46.